The number of hydrazine groups is 1. The van der Waals surface area contributed by atoms with Crippen LogP contribution in [0.4, 0.5) is 10.5 Å². The summed E-state index contributed by atoms with van der Waals surface area (Å²) in [6, 6.07) is 5.83. The third-order valence-corrected chi connectivity index (χ3v) is 2.22. The Kier molecular flexibility index (Phi) is 5.74. The van der Waals surface area contributed by atoms with Crippen molar-refractivity contribution >= 4 is 11.8 Å². The van der Waals surface area contributed by atoms with Crippen molar-refractivity contribution in [3.8, 4) is 0 Å². The molecule has 0 atom stereocenters. The van der Waals surface area contributed by atoms with Gasteiger partial charge >= 0.3 is 6.09 Å². The number of nitrogens with one attached hydrogen (secondary N) is 2. The largest absolute Gasteiger partial charge is 0.444 e. The molecule has 0 heterocycles. The van der Waals surface area contributed by atoms with Gasteiger partial charge < -0.3 is 4.74 Å². The smallest absolute Gasteiger partial charge is 0.421 e. The first-order valence-corrected chi connectivity index (χ1v) is 5.88. The van der Waals surface area contributed by atoms with E-state index in [0.29, 0.717) is 18.0 Å². The number of hydrogen-bond acceptors (Lipinski definition) is 5. The van der Waals surface area contributed by atoms with Crippen LogP contribution in [0, 0.1) is 16.0 Å². The summed E-state index contributed by atoms with van der Waals surface area (Å²) in [5.41, 5.74) is 5.82. The molecule has 1 aromatic rings. The van der Waals surface area contributed by atoms with E-state index in [2.05, 4.69) is 10.9 Å². The van der Waals surface area contributed by atoms with Gasteiger partial charge in [0.15, 0.2) is 0 Å². The minimum Gasteiger partial charge on any atom is -0.444 e. The van der Waals surface area contributed by atoms with E-state index in [0.717, 1.165) is 0 Å². The zero-order valence-corrected chi connectivity index (χ0v) is 10.9. The lowest BCUT2D eigenvalue weighted by Gasteiger charge is -2.09. The molecular weight excluding hydrogens is 250 g/mol. The number of nitro benzene ring substituents is 1. The molecule has 0 saturated carbocycles. The highest BCUT2D eigenvalue weighted by Crippen LogP contribution is 2.12. The summed E-state index contributed by atoms with van der Waals surface area (Å²) in [6.07, 6.45) is -0.584. The molecule has 0 unspecified atom stereocenters. The molecule has 0 aromatic heterocycles. The Morgan fingerprint density at radius 3 is 2.53 bits per heavy atom. The second-order valence-electron chi connectivity index (χ2n) is 4.40. The van der Waals surface area contributed by atoms with Gasteiger partial charge in [0.1, 0.15) is 6.61 Å². The third kappa shape index (κ3) is 5.82. The van der Waals surface area contributed by atoms with Gasteiger partial charge in [-0.05, 0) is 23.6 Å². The number of non-ortho nitro benzene ring substituents is 1. The van der Waals surface area contributed by atoms with Crippen LogP contribution in [0.1, 0.15) is 19.4 Å². The number of nitrogens with zero attached hydrogens (tertiary/aromatic N) is 1. The Morgan fingerprint density at radius 1 is 1.37 bits per heavy atom. The molecule has 7 nitrogen and oxygen atoms in total. The number of hydrogen-bond donors (Lipinski definition) is 2. The quantitative estimate of drug-likeness (QED) is 0.607. The second kappa shape index (κ2) is 7.32. The van der Waals surface area contributed by atoms with Gasteiger partial charge in [-0.2, -0.15) is 0 Å². The van der Waals surface area contributed by atoms with Crippen molar-refractivity contribution in [3.05, 3.63) is 39.9 Å². The number of rotatable bonds is 6. The minimum atomic E-state index is -0.584. The van der Waals surface area contributed by atoms with Gasteiger partial charge in [0.2, 0.25) is 0 Å². The monoisotopic (exact) mass is 267 g/mol. The summed E-state index contributed by atoms with van der Waals surface area (Å²) in [5.74, 6) is 0.412. The van der Waals surface area contributed by atoms with Crippen molar-refractivity contribution in [3.63, 3.8) is 0 Å². The van der Waals surface area contributed by atoms with Gasteiger partial charge in [0, 0.05) is 18.7 Å². The van der Waals surface area contributed by atoms with Gasteiger partial charge in [-0.1, -0.05) is 13.8 Å². The zero-order chi connectivity index (χ0) is 14.3. The molecule has 0 fully saturated rings. The molecule has 1 amide bonds. The highest BCUT2D eigenvalue weighted by atomic mass is 16.6. The second-order valence-corrected chi connectivity index (χ2v) is 4.40. The van der Waals surface area contributed by atoms with E-state index in [9.17, 15) is 14.9 Å². The van der Waals surface area contributed by atoms with E-state index < -0.39 is 11.0 Å². The van der Waals surface area contributed by atoms with Gasteiger partial charge in [-0.3, -0.25) is 15.5 Å². The van der Waals surface area contributed by atoms with Crippen LogP contribution in [-0.2, 0) is 11.3 Å². The fourth-order valence-electron chi connectivity index (χ4n) is 1.23. The standard InChI is InChI=1S/C12H17N3O4/c1-9(2)7-13-14-12(16)19-8-10-3-5-11(6-4-10)15(17)18/h3-6,9,13H,7-8H2,1-2H3,(H,14,16). The number of carbonyl (C=O) groups excluding carboxylic acids is 1. The lowest BCUT2D eigenvalue weighted by Crippen LogP contribution is -2.39. The first kappa shape index (κ1) is 14.9. The van der Waals surface area contributed by atoms with Crippen LogP contribution in [-0.4, -0.2) is 17.6 Å². The summed E-state index contributed by atoms with van der Waals surface area (Å²) >= 11 is 0. The predicted molar refractivity (Wildman–Crippen MR) is 69.3 cm³/mol. The van der Waals surface area contributed by atoms with Crippen LogP contribution in [0.5, 0.6) is 0 Å². The van der Waals surface area contributed by atoms with Gasteiger partial charge in [0.05, 0.1) is 4.92 Å². The van der Waals surface area contributed by atoms with Crippen molar-refractivity contribution in [2.75, 3.05) is 6.54 Å². The Balaban J connectivity index is 2.32. The van der Waals surface area contributed by atoms with Crippen LogP contribution in [0.25, 0.3) is 0 Å². The summed E-state index contributed by atoms with van der Waals surface area (Å²) in [7, 11) is 0. The number of ether oxygens (including phenoxy) is 1. The molecule has 104 valence electrons. The summed E-state index contributed by atoms with van der Waals surface area (Å²) in [6.45, 7) is 4.73. The molecular formula is C12H17N3O4. The first-order valence-electron chi connectivity index (χ1n) is 5.88. The van der Waals surface area contributed by atoms with Gasteiger partial charge in [-0.15, -0.1) is 0 Å². The van der Waals surface area contributed by atoms with Gasteiger partial charge in [0.25, 0.3) is 5.69 Å². The van der Waals surface area contributed by atoms with Crippen LogP contribution >= 0.6 is 0 Å². The fraction of sp³-hybridized carbons (Fsp3) is 0.417. The Morgan fingerprint density at radius 2 is 2.00 bits per heavy atom. The summed E-state index contributed by atoms with van der Waals surface area (Å²) in [4.78, 5) is 21.2. The third-order valence-electron chi connectivity index (χ3n) is 2.22. The summed E-state index contributed by atoms with van der Waals surface area (Å²) < 4.78 is 4.93. The van der Waals surface area contributed by atoms with Crippen molar-refractivity contribution in [2.24, 2.45) is 5.92 Å². The highest BCUT2D eigenvalue weighted by molar-refractivity contribution is 5.66. The van der Waals surface area contributed by atoms with Crippen LogP contribution in [0.3, 0.4) is 0 Å². The molecule has 0 aliphatic rings. The SMILES string of the molecule is CC(C)CNNC(=O)OCc1ccc([N+](=O)[O-])cc1. The Labute approximate surface area is 111 Å². The van der Waals surface area contributed by atoms with Crippen LogP contribution in [0.2, 0.25) is 0 Å². The van der Waals surface area contributed by atoms with Gasteiger partial charge in [-0.25, -0.2) is 10.2 Å². The number of nitro groups is 1. The molecule has 0 aliphatic heterocycles. The van der Waals surface area contributed by atoms with E-state index in [1.807, 2.05) is 13.8 Å². The van der Waals surface area contributed by atoms with Crippen molar-refractivity contribution in [2.45, 2.75) is 20.5 Å². The Bertz CT molecular complexity index is 431. The van der Waals surface area contributed by atoms with E-state index in [1.165, 1.54) is 12.1 Å². The van der Waals surface area contributed by atoms with Crippen molar-refractivity contribution < 1.29 is 14.5 Å². The maximum atomic E-state index is 11.3. The molecule has 0 saturated heterocycles. The van der Waals surface area contributed by atoms with E-state index in [4.69, 9.17) is 4.74 Å². The van der Waals surface area contributed by atoms with E-state index in [-0.39, 0.29) is 12.3 Å². The average molecular weight is 267 g/mol. The van der Waals surface area contributed by atoms with E-state index >= 15 is 0 Å². The average Bonchev–Trinajstić information content (AvgIpc) is 2.36. The Hall–Kier alpha value is -2.15. The topological polar surface area (TPSA) is 93.5 Å². The zero-order valence-electron chi connectivity index (χ0n) is 10.9. The summed E-state index contributed by atoms with van der Waals surface area (Å²) in [5, 5.41) is 10.5. The molecule has 0 spiro atoms. The van der Waals surface area contributed by atoms with Crippen LogP contribution < -0.4 is 10.9 Å². The lowest BCUT2D eigenvalue weighted by atomic mass is 10.2. The molecule has 0 aliphatic carbocycles. The molecule has 0 radical (unpaired) electrons. The minimum absolute atomic E-state index is 0.00630. The molecule has 19 heavy (non-hydrogen) atoms. The molecule has 0 bridgehead atoms. The molecule has 7 heteroatoms. The number of amides is 1. The number of carbonyl (C=O) groups is 1. The maximum Gasteiger partial charge on any atom is 0.421 e. The van der Waals surface area contributed by atoms with Crippen molar-refractivity contribution in [1.29, 1.82) is 0 Å². The molecule has 2 N–H and O–H groups in total. The predicted octanol–water partition coefficient (Wildman–Crippen LogP) is 1.98. The maximum absolute atomic E-state index is 11.3. The highest BCUT2D eigenvalue weighted by Gasteiger charge is 2.06. The lowest BCUT2D eigenvalue weighted by molar-refractivity contribution is -0.384. The normalized spacial score (nSPS) is 10.3. The van der Waals surface area contributed by atoms with Crippen molar-refractivity contribution in [1.82, 2.24) is 10.9 Å². The number of benzene rings is 1. The first-order chi connectivity index (χ1) is 8.99. The molecule has 1 rings (SSSR count). The molecule has 1 aromatic carbocycles. The fourth-order valence-corrected chi connectivity index (χ4v) is 1.23. The van der Waals surface area contributed by atoms with Crippen LogP contribution in [0.15, 0.2) is 24.3 Å². The van der Waals surface area contributed by atoms with E-state index in [1.54, 1.807) is 12.1 Å².